The van der Waals surface area contributed by atoms with Gasteiger partial charge >= 0.3 is 0 Å². The van der Waals surface area contributed by atoms with Crippen molar-refractivity contribution in [3.05, 3.63) is 57.0 Å². The van der Waals surface area contributed by atoms with Gasteiger partial charge in [0.05, 0.1) is 13.7 Å². The minimum atomic E-state index is -0.0863. The van der Waals surface area contributed by atoms with E-state index in [-0.39, 0.29) is 12.5 Å². The van der Waals surface area contributed by atoms with Gasteiger partial charge < -0.3 is 10.1 Å². The number of hydrogen-bond acceptors (Lipinski definition) is 3. The van der Waals surface area contributed by atoms with Crippen LogP contribution in [0.1, 0.15) is 11.1 Å². The highest BCUT2D eigenvalue weighted by Crippen LogP contribution is 2.24. The molecule has 0 atom stereocenters. The SMILES string of the molecule is COc1ccc(Br)cc1CN(C)CC(=O)Nc1cc(Cl)ccc1C. The molecule has 2 aromatic carbocycles. The number of benzene rings is 2. The van der Waals surface area contributed by atoms with E-state index in [0.717, 1.165) is 27.0 Å². The summed E-state index contributed by atoms with van der Waals surface area (Å²) in [5.41, 5.74) is 2.73. The molecule has 1 N–H and O–H groups in total. The second-order valence-corrected chi connectivity index (χ2v) is 6.99. The number of ether oxygens (including phenoxy) is 1. The fourth-order valence-electron chi connectivity index (χ4n) is 2.38. The number of aryl methyl sites for hydroxylation is 1. The third kappa shape index (κ3) is 5.23. The number of hydrogen-bond donors (Lipinski definition) is 1. The molecule has 0 aromatic heterocycles. The van der Waals surface area contributed by atoms with E-state index in [1.165, 1.54) is 0 Å². The van der Waals surface area contributed by atoms with E-state index in [1.807, 2.05) is 43.1 Å². The summed E-state index contributed by atoms with van der Waals surface area (Å²) in [6, 6.07) is 11.3. The summed E-state index contributed by atoms with van der Waals surface area (Å²) in [4.78, 5) is 14.2. The van der Waals surface area contributed by atoms with Gasteiger partial charge in [-0.2, -0.15) is 0 Å². The number of anilines is 1. The number of rotatable bonds is 6. The maximum absolute atomic E-state index is 12.3. The van der Waals surface area contributed by atoms with Crippen LogP contribution in [-0.4, -0.2) is 31.5 Å². The molecule has 0 aliphatic heterocycles. The van der Waals surface area contributed by atoms with Crippen molar-refractivity contribution in [2.45, 2.75) is 13.5 Å². The highest BCUT2D eigenvalue weighted by Gasteiger charge is 2.12. The minimum Gasteiger partial charge on any atom is -0.496 e. The molecule has 0 aliphatic rings. The molecular formula is C18H20BrClN2O2. The predicted molar refractivity (Wildman–Crippen MR) is 102 cm³/mol. The van der Waals surface area contributed by atoms with Gasteiger partial charge in [-0.3, -0.25) is 9.69 Å². The van der Waals surface area contributed by atoms with Crippen molar-refractivity contribution in [1.82, 2.24) is 4.90 Å². The van der Waals surface area contributed by atoms with Gasteiger partial charge in [-0.05, 0) is 49.9 Å². The minimum absolute atomic E-state index is 0.0863. The fraction of sp³-hybridized carbons (Fsp3) is 0.278. The zero-order chi connectivity index (χ0) is 17.7. The van der Waals surface area contributed by atoms with Crippen LogP contribution in [0, 0.1) is 6.92 Å². The van der Waals surface area contributed by atoms with Crippen molar-refractivity contribution in [3.63, 3.8) is 0 Å². The van der Waals surface area contributed by atoms with Crippen LogP contribution in [0.2, 0.25) is 5.02 Å². The van der Waals surface area contributed by atoms with Crippen LogP contribution in [0.3, 0.4) is 0 Å². The molecule has 0 spiro atoms. The fourth-order valence-corrected chi connectivity index (χ4v) is 2.96. The van der Waals surface area contributed by atoms with Crippen molar-refractivity contribution in [2.24, 2.45) is 0 Å². The van der Waals surface area contributed by atoms with Crippen molar-refractivity contribution in [3.8, 4) is 5.75 Å². The Morgan fingerprint density at radius 2 is 2.04 bits per heavy atom. The van der Waals surface area contributed by atoms with Gasteiger partial charge in [0.25, 0.3) is 0 Å². The first-order chi connectivity index (χ1) is 11.4. The van der Waals surface area contributed by atoms with Crippen molar-refractivity contribution < 1.29 is 9.53 Å². The third-order valence-corrected chi connectivity index (χ3v) is 4.30. The molecule has 1 amide bonds. The maximum Gasteiger partial charge on any atom is 0.238 e. The summed E-state index contributed by atoms with van der Waals surface area (Å²) in [6.07, 6.45) is 0. The highest BCUT2D eigenvalue weighted by atomic mass is 79.9. The van der Waals surface area contributed by atoms with Crippen LogP contribution in [0.25, 0.3) is 0 Å². The average molecular weight is 412 g/mol. The van der Waals surface area contributed by atoms with Gasteiger partial charge in [-0.15, -0.1) is 0 Å². The Labute approximate surface area is 155 Å². The Morgan fingerprint density at radius 1 is 1.29 bits per heavy atom. The molecule has 0 saturated heterocycles. The number of nitrogens with one attached hydrogen (secondary N) is 1. The highest BCUT2D eigenvalue weighted by molar-refractivity contribution is 9.10. The predicted octanol–water partition coefficient (Wildman–Crippen LogP) is 4.49. The number of amides is 1. The van der Waals surface area contributed by atoms with Gasteiger partial charge in [0.1, 0.15) is 5.75 Å². The van der Waals surface area contributed by atoms with Crippen LogP contribution in [0.5, 0.6) is 5.75 Å². The molecule has 6 heteroatoms. The lowest BCUT2D eigenvalue weighted by Crippen LogP contribution is -2.30. The first kappa shape index (κ1) is 18.8. The van der Waals surface area contributed by atoms with Gasteiger partial charge in [0.15, 0.2) is 0 Å². The largest absolute Gasteiger partial charge is 0.496 e. The number of halogens is 2. The molecule has 4 nitrogen and oxygen atoms in total. The number of likely N-dealkylation sites (N-methyl/N-ethyl adjacent to an activating group) is 1. The lowest BCUT2D eigenvalue weighted by atomic mass is 10.2. The van der Waals surface area contributed by atoms with Crippen molar-refractivity contribution in [2.75, 3.05) is 26.0 Å². The Kier molecular flexibility index (Phi) is 6.66. The molecular weight excluding hydrogens is 392 g/mol. The number of carbonyl (C=O) groups excluding carboxylic acids is 1. The summed E-state index contributed by atoms with van der Waals surface area (Å²) in [5, 5.41) is 3.50. The Bertz CT molecular complexity index is 737. The normalized spacial score (nSPS) is 10.8. The molecule has 128 valence electrons. The van der Waals surface area contributed by atoms with Crippen LogP contribution in [0.4, 0.5) is 5.69 Å². The third-order valence-electron chi connectivity index (χ3n) is 3.57. The molecule has 0 bridgehead atoms. The molecule has 0 saturated carbocycles. The van der Waals surface area contributed by atoms with Gasteiger partial charge in [0.2, 0.25) is 5.91 Å². The zero-order valence-corrected chi connectivity index (χ0v) is 16.2. The van der Waals surface area contributed by atoms with Gasteiger partial charge in [-0.25, -0.2) is 0 Å². The molecule has 0 radical (unpaired) electrons. The maximum atomic E-state index is 12.3. The topological polar surface area (TPSA) is 41.6 Å². The molecule has 0 aliphatic carbocycles. The standard InChI is InChI=1S/C18H20BrClN2O2/c1-12-4-6-15(20)9-16(12)21-18(23)11-22(2)10-13-8-14(19)5-7-17(13)24-3/h4-9H,10-11H2,1-3H3,(H,21,23). The summed E-state index contributed by atoms with van der Waals surface area (Å²) in [5.74, 6) is 0.716. The van der Waals surface area contributed by atoms with E-state index in [4.69, 9.17) is 16.3 Å². The smallest absolute Gasteiger partial charge is 0.238 e. The van der Waals surface area contributed by atoms with Crippen LogP contribution >= 0.6 is 27.5 Å². The lowest BCUT2D eigenvalue weighted by Gasteiger charge is -2.18. The van der Waals surface area contributed by atoms with E-state index in [1.54, 1.807) is 19.2 Å². The van der Waals surface area contributed by atoms with Crippen molar-refractivity contribution in [1.29, 1.82) is 0 Å². The molecule has 24 heavy (non-hydrogen) atoms. The van der Waals surface area contributed by atoms with Gasteiger partial charge in [0, 0.05) is 27.3 Å². The number of methoxy groups -OCH3 is 1. The summed E-state index contributed by atoms with van der Waals surface area (Å²) >= 11 is 9.44. The first-order valence-electron chi connectivity index (χ1n) is 7.46. The molecule has 0 fully saturated rings. The second kappa shape index (κ2) is 8.51. The number of nitrogens with zero attached hydrogens (tertiary/aromatic N) is 1. The average Bonchev–Trinajstić information content (AvgIpc) is 2.51. The van der Waals surface area contributed by atoms with Crippen LogP contribution < -0.4 is 10.1 Å². The van der Waals surface area contributed by atoms with E-state index >= 15 is 0 Å². The number of carbonyl (C=O) groups is 1. The van der Waals surface area contributed by atoms with Crippen LogP contribution in [0.15, 0.2) is 40.9 Å². The molecule has 2 aromatic rings. The quantitative estimate of drug-likeness (QED) is 0.761. The zero-order valence-electron chi connectivity index (χ0n) is 13.9. The Balaban J connectivity index is 1.99. The second-order valence-electron chi connectivity index (χ2n) is 5.64. The van der Waals surface area contributed by atoms with Crippen molar-refractivity contribution >= 4 is 39.1 Å². The van der Waals surface area contributed by atoms with E-state index in [9.17, 15) is 4.79 Å². The molecule has 2 rings (SSSR count). The first-order valence-corrected chi connectivity index (χ1v) is 8.63. The van der Waals surface area contributed by atoms with Gasteiger partial charge in [-0.1, -0.05) is 33.6 Å². The lowest BCUT2D eigenvalue weighted by molar-refractivity contribution is -0.117. The van der Waals surface area contributed by atoms with E-state index in [0.29, 0.717) is 11.6 Å². The van der Waals surface area contributed by atoms with Crippen LogP contribution in [-0.2, 0) is 11.3 Å². The summed E-state index contributed by atoms with van der Waals surface area (Å²) in [6.45, 7) is 2.80. The Hall–Kier alpha value is -1.56. The van der Waals surface area contributed by atoms with E-state index < -0.39 is 0 Å². The molecule has 0 heterocycles. The monoisotopic (exact) mass is 410 g/mol. The van der Waals surface area contributed by atoms with E-state index in [2.05, 4.69) is 21.2 Å². The Morgan fingerprint density at radius 3 is 2.75 bits per heavy atom. The summed E-state index contributed by atoms with van der Waals surface area (Å²) < 4.78 is 6.35. The molecule has 0 unspecified atom stereocenters. The summed E-state index contributed by atoms with van der Waals surface area (Å²) in [7, 11) is 3.53.